The molecule has 20 heavy (non-hydrogen) atoms. The summed E-state index contributed by atoms with van der Waals surface area (Å²) < 4.78 is 13.8. The van der Waals surface area contributed by atoms with Gasteiger partial charge in [-0.25, -0.2) is 10.4 Å². The number of hydrogen-bond acceptors (Lipinski definition) is 5. The minimum Gasteiger partial charge on any atom is -0.486 e. The van der Waals surface area contributed by atoms with Crippen LogP contribution in [-0.2, 0) is 6.54 Å². The maximum Gasteiger partial charge on any atom is 0.161 e. The minimum atomic E-state index is -0.224. The van der Waals surface area contributed by atoms with Crippen LogP contribution in [0.2, 0.25) is 0 Å². The summed E-state index contributed by atoms with van der Waals surface area (Å²) in [5.41, 5.74) is 2.79. The Labute approximate surface area is 117 Å². The third-order valence-corrected chi connectivity index (χ3v) is 3.45. The molecule has 6 nitrogen and oxygen atoms in total. The molecule has 2 unspecified atom stereocenters. The monoisotopic (exact) mass is 274 g/mol. The molecule has 0 radical (unpaired) electrons. The highest BCUT2D eigenvalue weighted by atomic mass is 16.6. The summed E-state index contributed by atoms with van der Waals surface area (Å²) in [6.45, 7) is 3.33. The molecular formula is C14H18N4O2. The summed E-state index contributed by atoms with van der Waals surface area (Å²) in [5.74, 6) is 8.05. The van der Waals surface area contributed by atoms with Gasteiger partial charge >= 0.3 is 0 Å². The van der Waals surface area contributed by atoms with Gasteiger partial charge in [0.15, 0.2) is 17.6 Å². The zero-order valence-electron chi connectivity index (χ0n) is 11.3. The zero-order valence-corrected chi connectivity index (χ0v) is 11.3. The number of imidazole rings is 1. The number of aromatic nitrogens is 2. The van der Waals surface area contributed by atoms with E-state index >= 15 is 0 Å². The van der Waals surface area contributed by atoms with Crippen molar-refractivity contribution in [3.05, 3.63) is 42.5 Å². The molecule has 0 saturated carbocycles. The lowest BCUT2D eigenvalue weighted by Crippen LogP contribution is -2.45. The molecule has 2 atom stereocenters. The predicted molar refractivity (Wildman–Crippen MR) is 74.3 cm³/mol. The Balaban J connectivity index is 1.85. The fourth-order valence-corrected chi connectivity index (χ4v) is 2.42. The zero-order chi connectivity index (χ0) is 13.9. The second-order valence-electron chi connectivity index (χ2n) is 4.63. The summed E-state index contributed by atoms with van der Waals surface area (Å²) in [5, 5.41) is 0. The van der Waals surface area contributed by atoms with E-state index in [0.717, 1.165) is 23.9 Å². The minimum absolute atomic E-state index is 0.220. The molecule has 0 bridgehead atoms. The maximum atomic E-state index is 5.99. The Kier molecular flexibility index (Phi) is 3.58. The van der Waals surface area contributed by atoms with Crippen molar-refractivity contribution in [3.63, 3.8) is 0 Å². The lowest BCUT2D eigenvalue weighted by Gasteiger charge is -2.31. The number of nitrogens with zero attached hydrogens (tertiary/aromatic N) is 2. The number of hydrogen-bond donors (Lipinski definition) is 2. The molecule has 106 valence electrons. The number of fused-ring (bicyclic) bond motifs is 1. The van der Waals surface area contributed by atoms with Crippen LogP contribution in [0.25, 0.3) is 0 Å². The fraction of sp³-hybridized carbons (Fsp3) is 0.357. The van der Waals surface area contributed by atoms with Gasteiger partial charge in [-0.05, 0) is 19.1 Å². The second kappa shape index (κ2) is 5.52. The van der Waals surface area contributed by atoms with Crippen molar-refractivity contribution in [2.45, 2.75) is 25.6 Å². The number of para-hydroxylation sites is 2. The molecular weight excluding hydrogens is 256 g/mol. The van der Waals surface area contributed by atoms with Crippen molar-refractivity contribution in [1.82, 2.24) is 15.0 Å². The largest absolute Gasteiger partial charge is 0.486 e. The van der Waals surface area contributed by atoms with E-state index in [4.69, 9.17) is 15.3 Å². The van der Waals surface area contributed by atoms with Gasteiger partial charge in [-0.1, -0.05) is 12.1 Å². The Bertz CT molecular complexity index is 584. The molecule has 6 heteroatoms. The Morgan fingerprint density at radius 1 is 1.45 bits per heavy atom. The topological polar surface area (TPSA) is 74.3 Å². The van der Waals surface area contributed by atoms with Crippen molar-refractivity contribution in [2.75, 3.05) is 6.61 Å². The van der Waals surface area contributed by atoms with Crippen LogP contribution in [-0.4, -0.2) is 22.3 Å². The average molecular weight is 274 g/mol. The first-order chi connectivity index (χ1) is 9.83. The molecule has 0 spiro atoms. The summed E-state index contributed by atoms with van der Waals surface area (Å²) in [6, 6.07) is 7.40. The standard InChI is InChI=1S/C14H18N4O2/c1-2-18-8-7-16-14(18)13(17-15)12-9-19-10-5-3-4-6-11(10)20-12/h3-8,12-13,17H,2,9,15H2,1H3. The number of nitrogens with two attached hydrogens (primary N) is 1. The SMILES string of the molecule is CCn1ccnc1C(NN)C1COc2ccccc2O1. The smallest absolute Gasteiger partial charge is 0.161 e. The van der Waals surface area contributed by atoms with E-state index in [1.54, 1.807) is 6.20 Å². The maximum absolute atomic E-state index is 5.99. The van der Waals surface area contributed by atoms with Gasteiger partial charge < -0.3 is 14.0 Å². The highest BCUT2D eigenvalue weighted by Crippen LogP contribution is 2.33. The van der Waals surface area contributed by atoms with Gasteiger partial charge in [0.1, 0.15) is 18.5 Å². The van der Waals surface area contributed by atoms with Gasteiger partial charge in [-0.3, -0.25) is 5.84 Å². The fourth-order valence-electron chi connectivity index (χ4n) is 2.42. The first kappa shape index (κ1) is 13.0. The molecule has 3 rings (SSSR count). The van der Waals surface area contributed by atoms with Gasteiger partial charge in [-0.15, -0.1) is 0 Å². The first-order valence-corrected chi connectivity index (χ1v) is 6.69. The van der Waals surface area contributed by atoms with Crippen LogP contribution >= 0.6 is 0 Å². The summed E-state index contributed by atoms with van der Waals surface area (Å²) in [7, 11) is 0. The normalized spacial score (nSPS) is 18.8. The molecule has 3 N–H and O–H groups in total. The van der Waals surface area contributed by atoms with Crippen LogP contribution in [0.5, 0.6) is 11.5 Å². The van der Waals surface area contributed by atoms with E-state index in [2.05, 4.69) is 17.3 Å². The van der Waals surface area contributed by atoms with Crippen molar-refractivity contribution in [3.8, 4) is 11.5 Å². The quantitative estimate of drug-likeness (QED) is 0.648. The van der Waals surface area contributed by atoms with Crippen LogP contribution < -0.4 is 20.7 Å². The van der Waals surface area contributed by atoms with Gasteiger partial charge in [0.05, 0.1) is 0 Å². The molecule has 0 aliphatic carbocycles. The average Bonchev–Trinajstić information content (AvgIpc) is 2.96. The Morgan fingerprint density at radius 2 is 2.25 bits per heavy atom. The van der Waals surface area contributed by atoms with Gasteiger partial charge in [0.25, 0.3) is 0 Å². The molecule has 0 fully saturated rings. The van der Waals surface area contributed by atoms with E-state index in [1.807, 2.05) is 35.0 Å². The lowest BCUT2D eigenvalue weighted by atomic mass is 10.1. The number of aryl methyl sites for hydroxylation is 1. The number of ether oxygens (including phenoxy) is 2. The molecule has 1 aliphatic heterocycles. The molecule has 1 aliphatic rings. The van der Waals surface area contributed by atoms with E-state index in [9.17, 15) is 0 Å². The molecule has 0 saturated heterocycles. The van der Waals surface area contributed by atoms with Gasteiger partial charge in [-0.2, -0.15) is 0 Å². The van der Waals surface area contributed by atoms with Gasteiger partial charge in [0.2, 0.25) is 0 Å². The van der Waals surface area contributed by atoms with E-state index in [0.29, 0.717) is 6.61 Å². The number of rotatable bonds is 4. The number of benzene rings is 1. The number of nitrogens with one attached hydrogen (secondary N) is 1. The molecule has 2 heterocycles. The molecule has 1 aromatic carbocycles. The lowest BCUT2D eigenvalue weighted by molar-refractivity contribution is 0.0583. The van der Waals surface area contributed by atoms with Gasteiger partial charge in [0, 0.05) is 18.9 Å². The van der Waals surface area contributed by atoms with Crippen molar-refractivity contribution >= 4 is 0 Å². The molecule has 1 aromatic heterocycles. The van der Waals surface area contributed by atoms with Crippen LogP contribution in [0.4, 0.5) is 0 Å². The van der Waals surface area contributed by atoms with Crippen molar-refractivity contribution < 1.29 is 9.47 Å². The van der Waals surface area contributed by atoms with Crippen molar-refractivity contribution in [2.24, 2.45) is 5.84 Å². The van der Waals surface area contributed by atoms with E-state index in [-0.39, 0.29) is 12.1 Å². The highest BCUT2D eigenvalue weighted by molar-refractivity contribution is 5.41. The second-order valence-corrected chi connectivity index (χ2v) is 4.63. The Hall–Kier alpha value is -2.05. The highest BCUT2D eigenvalue weighted by Gasteiger charge is 2.31. The predicted octanol–water partition coefficient (Wildman–Crippen LogP) is 1.25. The summed E-state index contributed by atoms with van der Waals surface area (Å²) in [6.07, 6.45) is 3.47. The number of hydrazine groups is 1. The third-order valence-electron chi connectivity index (χ3n) is 3.45. The van der Waals surface area contributed by atoms with E-state index < -0.39 is 0 Å². The molecule has 0 amide bonds. The van der Waals surface area contributed by atoms with Crippen LogP contribution in [0.3, 0.4) is 0 Å². The Morgan fingerprint density at radius 3 is 3.00 bits per heavy atom. The third kappa shape index (κ3) is 2.23. The summed E-state index contributed by atoms with van der Waals surface area (Å²) >= 11 is 0. The van der Waals surface area contributed by atoms with Crippen LogP contribution in [0.15, 0.2) is 36.7 Å². The van der Waals surface area contributed by atoms with Crippen LogP contribution in [0.1, 0.15) is 18.8 Å². The van der Waals surface area contributed by atoms with Crippen molar-refractivity contribution in [1.29, 1.82) is 0 Å². The van der Waals surface area contributed by atoms with Crippen LogP contribution in [0, 0.1) is 0 Å². The molecule has 2 aromatic rings. The summed E-state index contributed by atoms with van der Waals surface area (Å²) in [4.78, 5) is 4.37. The first-order valence-electron chi connectivity index (χ1n) is 6.69. The van der Waals surface area contributed by atoms with E-state index in [1.165, 1.54) is 0 Å².